The Labute approximate surface area is 94.6 Å². The van der Waals surface area contributed by atoms with E-state index in [1.807, 2.05) is 7.05 Å². The van der Waals surface area contributed by atoms with E-state index in [-0.39, 0.29) is 11.2 Å². The molecule has 0 amide bonds. The van der Waals surface area contributed by atoms with Crippen LogP contribution in [0.5, 0.6) is 0 Å². The number of benzene rings is 1. The topological polar surface area (TPSA) is 29.1 Å². The smallest absolute Gasteiger partial charge is 0.170 e. The normalized spacial score (nSPS) is 17.5. The van der Waals surface area contributed by atoms with Crippen molar-refractivity contribution in [2.45, 2.75) is 12.8 Å². The van der Waals surface area contributed by atoms with E-state index in [1.54, 1.807) is 24.3 Å². The summed E-state index contributed by atoms with van der Waals surface area (Å²) in [4.78, 5) is 12.1. The third-order valence-electron chi connectivity index (χ3n) is 2.96. The van der Waals surface area contributed by atoms with Gasteiger partial charge in [-0.15, -0.1) is 0 Å². The predicted octanol–water partition coefficient (Wildman–Crippen LogP) is 2.52. The van der Waals surface area contributed by atoms with Gasteiger partial charge in [0.2, 0.25) is 0 Å². The summed E-state index contributed by atoms with van der Waals surface area (Å²) in [5.74, 6) is 0.244. The molecule has 1 aromatic rings. The highest BCUT2D eigenvalue weighted by Gasteiger charge is 2.48. The van der Waals surface area contributed by atoms with Crippen molar-refractivity contribution in [1.82, 2.24) is 5.32 Å². The van der Waals surface area contributed by atoms with E-state index < -0.39 is 0 Å². The molecular formula is C12H14ClNO. The largest absolute Gasteiger partial charge is 0.319 e. The van der Waals surface area contributed by atoms with Crippen LogP contribution in [0, 0.1) is 5.41 Å². The van der Waals surface area contributed by atoms with E-state index in [1.165, 1.54) is 0 Å². The molecule has 0 spiro atoms. The summed E-state index contributed by atoms with van der Waals surface area (Å²) in [5, 5.41) is 3.76. The summed E-state index contributed by atoms with van der Waals surface area (Å²) in [5.41, 5.74) is 0.634. The van der Waals surface area contributed by atoms with Crippen molar-refractivity contribution >= 4 is 17.4 Å². The van der Waals surface area contributed by atoms with Gasteiger partial charge in [0.25, 0.3) is 0 Å². The van der Waals surface area contributed by atoms with E-state index in [9.17, 15) is 4.79 Å². The molecule has 1 aromatic carbocycles. The van der Waals surface area contributed by atoms with Crippen LogP contribution < -0.4 is 5.32 Å². The zero-order chi connectivity index (χ0) is 10.9. The Bertz CT molecular complexity index is 368. The van der Waals surface area contributed by atoms with Crippen molar-refractivity contribution in [3.63, 3.8) is 0 Å². The first kappa shape index (κ1) is 10.7. The number of ketones is 1. The Morgan fingerprint density at radius 1 is 1.40 bits per heavy atom. The summed E-state index contributed by atoms with van der Waals surface area (Å²) in [6.45, 7) is 0.772. The molecule has 1 aliphatic carbocycles. The fourth-order valence-corrected chi connectivity index (χ4v) is 2.01. The zero-order valence-corrected chi connectivity index (χ0v) is 9.47. The van der Waals surface area contributed by atoms with Crippen molar-refractivity contribution in [2.24, 2.45) is 5.41 Å². The number of rotatable bonds is 4. The molecule has 1 N–H and O–H groups in total. The molecule has 2 nitrogen and oxygen atoms in total. The van der Waals surface area contributed by atoms with E-state index in [2.05, 4.69) is 5.32 Å². The van der Waals surface area contributed by atoms with Crippen molar-refractivity contribution in [3.8, 4) is 0 Å². The highest BCUT2D eigenvalue weighted by molar-refractivity contribution is 6.30. The van der Waals surface area contributed by atoms with E-state index in [0.717, 1.165) is 24.9 Å². The van der Waals surface area contributed by atoms with Gasteiger partial charge in [0.05, 0.1) is 0 Å². The lowest BCUT2D eigenvalue weighted by Gasteiger charge is -2.12. The molecule has 1 saturated carbocycles. The SMILES string of the molecule is CNCC1(C(=O)c2ccc(Cl)cc2)CC1. The van der Waals surface area contributed by atoms with Gasteiger partial charge in [-0.25, -0.2) is 0 Å². The van der Waals surface area contributed by atoms with Gasteiger partial charge < -0.3 is 5.32 Å². The highest BCUT2D eigenvalue weighted by Crippen LogP contribution is 2.47. The first-order valence-corrected chi connectivity index (χ1v) is 5.51. The summed E-state index contributed by atoms with van der Waals surface area (Å²) in [6.07, 6.45) is 1.99. The van der Waals surface area contributed by atoms with E-state index >= 15 is 0 Å². The average molecular weight is 224 g/mol. The molecule has 1 aliphatic rings. The van der Waals surface area contributed by atoms with Crippen molar-refractivity contribution in [3.05, 3.63) is 34.9 Å². The lowest BCUT2D eigenvalue weighted by Crippen LogP contribution is -2.27. The van der Waals surface area contributed by atoms with Gasteiger partial charge in [-0.05, 0) is 44.2 Å². The molecule has 1 fully saturated rings. The lowest BCUT2D eigenvalue weighted by molar-refractivity contribution is 0.0900. The number of hydrogen-bond acceptors (Lipinski definition) is 2. The van der Waals surface area contributed by atoms with Gasteiger partial charge in [0.1, 0.15) is 0 Å². The Balaban J connectivity index is 2.18. The minimum Gasteiger partial charge on any atom is -0.319 e. The molecule has 0 aliphatic heterocycles. The maximum absolute atomic E-state index is 12.1. The molecule has 3 heteroatoms. The van der Waals surface area contributed by atoms with Crippen LogP contribution >= 0.6 is 11.6 Å². The Hall–Kier alpha value is -0.860. The average Bonchev–Trinajstić information content (AvgIpc) is 3.00. The van der Waals surface area contributed by atoms with Crippen LogP contribution in [0.4, 0.5) is 0 Å². The molecule has 0 heterocycles. The lowest BCUT2D eigenvalue weighted by atomic mass is 9.95. The second-order valence-electron chi connectivity index (χ2n) is 4.15. The minimum atomic E-state index is -0.136. The Kier molecular flexibility index (Phi) is 2.81. The van der Waals surface area contributed by atoms with Gasteiger partial charge in [0.15, 0.2) is 5.78 Å². The summed E-state index contributed by atoms with van der Waals surface area (Å²) < 4.78 is 0. The number of carbonyl (C=O) groups is 1. The van der Waals surface area contributed by atoms with Crippen molar-refractivity contribution < 1.29 is 4.79 Å². The molecule has 0 aromatic heterocycles. The minimum absolute atomic E-state index is 0.136. The summed E-state index contributed by atoms with van der Waals surface area (Å²) in [7, 11) is 1.88. The van der Waals surface area contributed by atoms with Crippen molar-refractivity contribution in [1.29, 1.82) is 0 Å². The van der Waals surface area contributed by atoms with E-state index in [4.69, 9.17) is 11.6 Å². The van der Waals surface area contributed by atoms with Crippen LogP contribution in [0.2, 0.25) is 5.02 Å². The highest BCUT2D eigenvalue weighted by atomic mass is 35.5. The Morgan fingerprint density at radius 3 is 2.47 bits per heavy atom. The number of hydrogen-bond donors (Lipinski definition) is 1. The molecule has 0 atom stereocenters. The van der Waals surface area contributed by atoms with Crippen LogP contribution in [0.1, 0.15) is 23.2 Å². The second-order valence-corrected chi connectivity index (χ2v) is 4.58. The van der Waals surface area contributed by atoms with Gasteiger partial charge >= 0.3 is 0 Å². The molecule has 0 unspecified atom stereocenters. The van der Waals surface area contributed by atoms with Gasteiger partial charge in [0, 0.05) is 22.5 Å². The van der Waals surface area contributed by atoms with Gasteiger partial charge in [-0.1, -0.05) is 11.6 Å². The van der Waals surface area contributed by atoms with Gasteiger partial charge in [-0.3, -0.25) is 4.79 Å². The zero-order valence-electron chi connectivity index (χ0n) is 8.72. The monoisotopic (exact) mass is 223 g/mol. The first-order valence-electron chi connectivity index (χ1n) is 5.13. The fraction of sp³-hybridized carbons (Fsp3) is 0.417. The van der Waals surface area contributed by atoms with E-state index in [0.29, 0.717) is 5.02 Å². The summed E-state index contributed by atoms with van der Waals surface area (Å²) in [6, 6.07) is 7.15. The molecule has 80 valence electrons. The molecule has 0 radical (unpaired) electrons. The molecule has 0 saturated heterocycles. The van der Waals surface area contributed by atoms with Crippen LogP contribution in [-0.2, 0) is 0 Å². The van der Waals surface area contributed by atoms with Crippen LogP contribution in [0.25, 0.3) is 0 Å². The molecular weight excluding hydrogens is 210 g/mol. The number of carbonyl (C=O) groups excluding carboxylic acids is 1. The third-order valence-corrected chi connectivity index (χ3v) is 3.21. The first-order chi connectivity index (χ1) is 7.18. The van der Waals surface area contributed by atoms with Crippen LogP contribution in [0.3, 0.4) is 0 Å². The molecule has 0 bridgehead atoms. The molecule has 15 heavy (non-hydrogen) atoms. The molecule has 2 rings (SSSR count). The number of nitrogens with one attached hydrogen (secondary N) is 1. The number of halogens is 1. The summed E-state index contributed by atoms with van der Waals surface area (Å²) >= 11 is 5.78. The number of Topliss-reactive ketones (excluding diaryl/α,β-unsaturated/α-hetero) is 1. The quantitative estimate of drug-likeness (QED) is 0.795. The Morgan fingerprint density at radius 2 is 2.00 bits per heavy atom. The van der Waals surface area contributed by atoms with Crippen molar-refractivity contribution in [2.75, 3.05) is 13.6 Å². The predicted molar refractivity (Wildman–Crippen MR) is 61.4 cm³/mol. The maximum Gasteiger partial charge on any atom is 0.170 e. The second kappa shape index (κ2) is 3.95. The third kappa shape index (κ3) is 2.06. The maximum atomic E-state index is 12.1. The standard InChI is InChI=1S/C12H14ClNO/c1-14-8-12(6-7-12)11(15)9-2-4-10(13)5-3-9/h2-5,14H,6-8H2,1H3. The van der Waals surface area contributed by atoms with Crippen LogP contribution in [-0.4, -0.2) is 19.4 Å². The van der Waals surface area contributed by atoms with Gasteiger partial charge in [-0.2, -0.15) is 0 Å². The van der Waals surface area contributed by atoms with Crippen LogP contribution in [0.15, 0.2) is 24.3 Å². The fourth-order valence-electron chi connectivity index (χ4n) is 1.88.